The van der Waals surface area contributed by atoms with Crippen molar-refractivity contribution >= 4 is 6.03 Å². The molecular formula is C10H22N2O. The summed E-state index contributed by atoms with van der Waals surface area (Å²) in [6.07, 6.45) is 2.11. The highest BCUT2D eigenvalue weighted by atomic mass is 16.2. The topological polar surface area (TPSA) is 32.3 Å². The number of nitrogens with one attached hydrogen (secondary N) is 1. The molecular weight excluding hydrogens is 164 g/mol. The molecule has 3 nitrogen and oxygen atoms in total. The van der Waals surface area contributed by atoms with Crippen LogP contribution in [0.25, 0.3) is 0 Å². The van der Waals surface area contributed by atoms with Crippen molar-refractivity contribution < 1.29 is 4.79 Å². The van der Waals surface area contributed by atoms with Gasteiger partial charge in [-0.25, -0.2) is 4.79 Å². The SMILES string of the molecule is CCCNC(=O)N(C)CC(C)CC. The monoisotopic (exact) mass is 186 g/mol. The first kappa shape index (κ1) is 12.3. The molecule has 0 bridgehead atoms. The number of hydrogen-bond donors (Lipinski definition) is 1. The maximum absolute atomic E-state index is 11.4. The molecule has 3 heteroatoms. The molecule has 78 valence electrons. The number of hydrogen-bond acceptors (Lipinski definition) is 1. The first-order valence-electron chi connectivity index (χ1n) is 5.10. The molecule has 0 radical (unpaired) electrons. The molecule has 0 aliphatic rings. The predicted octanol–water partition coefficient (Wildman–Crippen LogP) is 2.08. The third-order valence-corrected chi connectivity index (χ3v) is 2.16. The highest BCUT2D eigenvalue weighted by molar-refractivity contribution is 5.73. The van der Waals surface area contributed by atoms with Gasteiger partial charge in [-0.2, -0.15) is 0 Å². The highest BCUT2D eigenvalue weighted by Crippen LogP contribution is 2.02. The van der Waals surface area contributed by atoms with Crippen LogP contribution in [0.4, 0.5) is 4.79 Å². The minimum atomic E-state index is 0.0437. The minimum Gasteiger partial charge on any atom is -0.338 e. The standard InChI is InChI=1S/C10H22N2O/c1-5-7-11-10(13)12(4)8-9(3)6-2/h9H,5-8H2,1-4H3,(H,11,13). The second-order valence-electron chi connectivity index (χ2n) is 3.63. The molecule has 1 atom stereocenters. The van der Waals surface area contributed by atoms with Crippen LogP contribution in [0.2, 0.25) is 0 Å². The normalized spacial score (nSPS) is 12.3. The Labute approximate surface area is 81.5 Å². The zero-order valence-electron chi connectivity index (χ0n) is 9.26. The molecule has 0 saturated heterocycles. The van der Waals surface area contributed by atoms with Crippen LogP contribution in [0.1, 0.15) is 33.6 Å². The second kappa shape index (κ2) is 6.75. The number of urea groups is 1. The van der Waals surface area contributed by atoms with Gasteiger partial charge in [0.2, 0.25) is 0 Å². The Hall–Kier alpha value is -0.730. The van der Waals surface area contributed by atoms with Crippen molar-refractivity contribution in [2.45, 2.75) is 33.6 Å². The van der Waals surface area contributed by atoms with E-state index < -0.39 is 0 Å². The Morgan fingerprint density at radius 3 is 2.54 bits per heavy atom. The molecule has 0 spiro atoms. The summed E-state index contributed by atoms with van der Waals surface area (Å²) in [5.74, 6) is 0.581. The van der Waals surface area contributed by atoms with Gasteiger partial charge in [-0.3, -0.25) is 0 Å². The maximum atomic E-state index is 11.4. The zero-order chi connectivity index (χ0) is 10.3. The van der Waals surface area contributed by atoms with E-state index in [0.717, 1.165) is 25.9 Å². The zero-order valence-corrected chi connectivity index (χ0v) is 9.26. The Morgan fingerprint density at radius 1 is 1.46 bits per heavy atom. The lowest BCUT2D eigenvalue weighted by Crippen LogP contribution is -2.39. The number of rotatable bonds is 5. The summed E-state index contributed by atoms with van der Waals surface area (Å²) >= 11 is 0. The molecule has 0 rings (SSSR count). The first-order chi connectivity index (χ1) is 6.11. The van der Waals surface area contributed by atoms with Crippen molar-refractivity contribution in [1.29, 1.82) is 0 Å². The molecule has 0 saturated carbocycles. The fourth-order valence-corrected chi connectivity index (χ4v) is 1.05. The van der Waals surface area contributed by atoms with Crippen molar-refractivity contribution in [1.82, 2.24) is 10.2 Å². The fourth-order valence-electron chi connectivity index (χ4n) is 1.05. The third kappa shape index (κ3) is 5.50. The smallest absolute Gasteiger partial charge is 0.317 e. The molecule has 1 N–H and O–H groups in total. The van der Waals surface area contributed by atoms with E-state index >= 15 is 0 Å². The largest absolute Gasteiger partial charge is 0.338 e. The summed E-state index contributed by atoms with van der Waals surface area (Å²) in [5, 5.41) is 2.85. The van der Waals surface area contributed by atoms with Crippen LogP contribution in [0, 0.1) is 5.92 Å². The predicted molar refractivity (Wildman–Crippen MR) is 55.8 cm³/mol. The first-order valence-corrected chi connectivity index (χ1v) is 5.10. The van der Waals surface area contributed by atoms with E-state index in [-0.39, 0.29) is 6.03 Å². The van der Waals surface area contributed by atoms with Gasteiger partial charge < -0.3 is 10.2 Å². The van der Waals surface area contributed by atoms with Crippen molar-refractivity contribution in [3.63, 3.8) is 0 Å². The van der Waals surface area contributed by atoms with E-state index in [1.165, 1.54) is 0 Å². The second-order valence-corrected chi connectivity index (χ2v) is 3.63. The summed E-state index contributed by atoms with van der Waals surface area (Å²) < 4.78 is 0. The number of carbonyl (C=O) groups excluding carboxylic acids is 1. The van der Waals surface area contributed by atoms with Gasteiger partial charge in [-0.15, -0.1) is 0 Å². The van der Waals surface area contributed by atoms with Crippen molar-refractivity contribution in [2.24, 2.45) is 5.92 Å². The van der Waals surface area contributed by atoms with Crippen molar-refractivity contribution in [3.05, 3.63) is 0 Å². The van der Waals surface area contributed by atoms with E-state index in [0.29, 0.717) is 5.92 Å². The van der Waals surface area contributed by atoms with Gasteiger partial charge >= 0.3 is 6.03 Å². The molecule has 2 amide bonds. The molecule has 0 fully saturated rings. The average molecular weight is 186 g/mol. The Morgan fingerprint density at radius 2 is 2.08 bits per heavy atom. The fraction of sp³-hybridized carbons (Fsp3) is 0.900. The van der Waals surface area contributed by atoms with Crippen LogP contribution in [-0.4, -0.2) is 31.1 Å². The van der Waals surface area contributed by atoms with Gasteiger partial charge in [0.1, 0.15) is 0 Å². The van der Waals surface area contributed by atoms with Crippen LogP contribution >= 0.6 is 0 Å². The van der Waals surface area contributed by atoms with Gasteiger partial charge in [0.25, 0.3) is 0 Å². The molecule has 1 unspecified atom stereocenters. The maximum Gasteiger partial charge on any atom is 0.317 e. The van der Waals surface area contributed by atoms with Crippen LogP contribution in [0.15, 0.2) is 0 Å². The highest BCUT2D eigenvalue weighted by Gasteiger charge is 2.09. The van der Waals surface area contributed by atoms with E-state index in [4.69, 9.17) is 0 Å². The summed E-state index contributed by atoms with van der Waals surface area (Å²) in [6.45, 7) is 7.96. The lowest BCUT2D eigenvalue weighted by Gasteiger charge is -2.20. The molecule has 0 heterocycles. The number of amides is 2. The van der Waals surface area contributed by atoms with Gasteiger partial charge in [0.05, 0.1) is 0 Å². The average Bonchev–Trinajstić information content (AvgIpc) is 2.13. The Balaban J connectivity index is 3.68. The van der Waals surface area contributed by atoms with E-state index in [1.807, 2.05) is 7.05 Å². The van der Waals surface area contributed by atoms with Crippen LogP contribution in [0.3, 0.4) is 0 Å². The van der Waals surface area contributed by atoms with Crippen LogP contribution in [-0.2, 0) is 0 Å². The number of carbonyl (C=O) groups is 1. The molecule has 0 aromatic heterocycles. The summed E-state index contributed by atoms with van der Waals surface area (Å²) in [5.41, 5.74) is 0. The van der Waals surface area contributed by atoms with E-state index in [1.54, 1.807) is 4.90 Å². The molecule has 0 aliphatic carbocycles. The van der Waals surface area contributed by atoms with Gasteiger partial charge in [-0.05, 0) is 12.3 Å². The molecule has 0 aliphatic heterocycles. The minimum absolute atomic E-state index is 0.0437. The number of nitrogens with zero attached hydrogens (tertiary/aromatic N) is 1. The quantitative estimate of drug-likeness (QED) is 0.700. The molecule has 13 heavy (non-hydrogen) atoms. The summed E-state index contributed by atoms with van der Waals surface area (Å²) in [4.78, 5) is 13.1. The van der Waals surface area contributed by atoms with E-state index in [2.05, 4.69) is 26.1 Å². The lowest BCUT2D eigenvalue weighted by molar-refractivity contribution is 0.201. The molecule has 0 aromatic rings. The van der Waals surface area contributed by atoms with Gasteiger partial charge in [0.15, 0.2) is 0 Å². The third-order valence-electron chi connectivity index (χ3n) is 2.16. The van der Waals surface area contributed by atoms with Gasteiger partial charge in [-0.1, -0.05) is 27.2 Å². The van der Waals surface area contributed by atoms with E-state index in [9.17, 15) is 4.79 Å². The summed E-state index contributed by atoms with van der Waals surface area (Å²) in [7, 11) is 1.84. The molecule has 0 aromatic carbocycles. The lowest BCUT2D eigenvalue weighted by atomic mass is 10.1. The summed E-state index contributed by atoms with van der Waals surface area (Å²) in [6, 6.07) is 0.0437. The van der Waals surface area contributed by atoms with Crippen LogP contribution in [0.5, 0.6) is 0 Å². The van der Waals surface area contributed by atoms with Crippen molar-refractivity contribution in [2.75, 3.05) is 20.1 Å². The Kier molecular flexibility index (Phi) is 6.37. The van der Waals surface area contributed by atoms with Gasteiger partial charge in [0, 0.05) is 20.1 Å². The van der Waals surface area contributed by atoms with Crippen molar-refractivity contribution in [3.8, 4) is 0 Å². The Bertz CT molecular complexity index is 148. The van der Waals surface area contributed by atoms with Crippen LogP contribution < -0.4 is 5.32 Å².